The molecule has 0 atom stereocenters. The second kappa shape index (κ2) is 6.58. The number of hydrogen-bond donors (Lipinski definition) is 0. The minimum atomic E-state index is -0.0553. The lowest BCUT2D eigenvalue weighted by molar-refractivity contribution is 0.0920. The smallest absolute Gasteiger partial charge is 0.200 e. The van der Waals surface area contributed by atoms with Gasteiger partial charge >= 0.3 is 0 Å². The van der Waals surface area contributed by atoms with Gasteiger partial charge in [0.1, 0.15) is 5.75 Å². The fourth-order valence-electron chi connectivity index (χ4n) is 1.95. The fourth-order valence-corrected chi connectivity index (χ4v) is 2.08. The maximum absolute atomic E-state index is 12.0. The molecule has 20 heavy (non-hydrogen) atoms. The van der Waals surface area contributed by atoms with Gasteiger partial charge in [0, 0.05) is 10.6 Å². The van der Waals surface area contributed by atoms with E-state index >= 15 is 0 Å². The van der Waals surface area contributed by atoms with Crippen LogP contribution in [0.5, 0.6) is 5.75 Å². The monoisotopic (exact) mass is 288 g/mol. The van der Waals surface area contributed by atoms with Crippen LogP contribution in [0.1, 0.15) is 35.7 Å². The first-order valence-electron chi connectivity index (χ1n) is 6.58. The van der Waals surface area contributed by atoms with E-state index in [1.165, 1.54) is 0 Å². The second-order valence-corrected chi connectivity index (χ2v) is 5.35. The largest absolute Gasteiger partial charge is 0.485 e. The Kier molecular flexibility index (Phi) is 4.80. The minimum absolute atomic E-state index is 0.0331. The van der Waals surface area contributed by atoms with E-state index in [9.17, 15) is 4.79 Å². The summed E-state index contributed by atoms with van der Waals surface area (Å²) in [6, 6.07) is 14.6. The summed E-state index contributed by atoms with van der Waals surface area (Å²) >= 11 is 5.80. The van der Waals surface area contributed by atoms with E-state index in [-0.39, 0.29) is 12.4 Å². The van der Waals surface area contributed by atoms with Crippen molar-refractivity contribution >= 4 is 17.4 Å². The molecule has 0 radical (unpaired) electrons. The fraction of sp³-hybridized carbons (Fsp3) is 0.235. The molecule has 0 heterocycles. The highest BCUT2D eigenvalue weighted by Gasteiger charge is 2.10. The van der Waals surface area contributed by atoms with Crippen LogP contribution in [0.4, 0.5) is 0 Å². The maximum atomic E-state index is 12.0. The zero-order valence-electron chi connectivity index (χ0n) is 11.6. The summed E-state index contributed by atoms with van der Waals surface area (Å²) in [6.45, 7) is 4.23. The first-order valence-corrected chi connectivity index (χ1v) is 6.96. The van der Waals surface area contributed by atoms with Gasteiger partial charge in [0.25, 0.3) is 0 Å². The van der Waals surface area contributed by atoms with E-state index in [1.807, 2.05) is 24.3 Å². The number of halogens is 1. The lowest BCUT2D eigenvalue weighted by Gasteiger charge is -2.13. The summed E-state index contributed by atoms with van der Waals surface area (Å²) in [6.07, 6.45) is 0. The van der Waals surface area contributed by atoms with E-state index in [1.54, 1.807) is 24.3 Å². The zero-order chi connectivity index (χ0) is 14.5. The third-order valence-electron chi connectivity index (χ3n) is 3.07. The van der Waals surface area contributed by atoms with Crippen LogP contribution < -0.4 is 4.74 Å². The predicted octanol–water partition coefficient (Wildman–Crippen LogP) is 4.73. The molecular formula is C17H17ClO2. The Hall–Kier alpha value is -1.80. The summed E-state index contributed by atoms with van der Waals surface area (Å²) in [5.41, 5.74) is 1.72. The summed E-state index contributed by atoms with van der Waals surface area (Å²) in [5, 5.41) is 0.618. The molecule has 2 rings (SSSR count). The molecule has 2 aromatic rings. The summed E-state index contributed by atoms with van der Waals surface area (Å²) in [7, 11) is 0. The van der Waals surface area contributed by atoms with E-state index in [0.717, 1.165) is 11.3 Å². The van der Waals surface area contributed by atoms with E-state index in [0.29, 0.717) is 16.5 Å². The number of para-hydroxylation sites is 1. The van der Waals surface area contributed by atoms with Crippen LogP contribution >= 0.6 is 11.6 Å². The van der Waals surface area contributed by atoms with Crippen LogP contribution in [0.15, 0.2) is 48.5 Å². The average molecular weight is 289 g/mol. The van der Waals surface area contributed by atoms with Crippen molar-refractivity contribution in [3.63, 3.8) is 0 Å². The van der Waals surface area contributed by atoms with Crippen molar-refractivity contribution in [3.05, 3.63) is 64.7 Å². The van der Waals surface area contributed by atoms with Crippen molar-refractivity contribution in [1.82, 2.24) is 0 Å². The van der Waals surface area contributed by atoms with Crippen LogP contribution in [0.3, 0.4) is 0 Å². The van der Waals surface area contributed by atoms with E-state index in [4.69, 9.17) is 16.3 Å². The van der Waals surface area contributed by atoms with Gasteiger partial charge in [0.15, 0.2) is 12.4 Å². The number of hydrogen-bond acceptors (Lipinski definition) is 2. The van der Waals surface area contributed by atoms with Crippen molar-refractivity contribution in [3.8, 4) is 5.75 Å². The molecule has 104 valence electrons. The quantitative estimate of drug-likeness (QED) is 0.744. The molecule has 0 aliphatic carbocycles. The van der Waals surface area contributed by atoms with Crippen LogP contribution in [-0.2, 0) is 0 Å². The van der Waals surface area contributed by atoms with Crippen molar-refractivity contribution in [2.24, 2.45) is 0 Å². The Morgan fingerprint density at radius 1 is 1.10 bits per heavy atom. The Balaban J connectivity index is 2.05. The molecule has 0 unspecified atom stereocenters. The predicted molar refractivity (Wildman–Crippen MR) is 81.8 cm³/mol. The van der Waals surface area contributed by atoms with Crippen LogP contribution in [0.2, 0.25) is 5.02 Å². The first-order chi connectivity index (χ1) is 9.58. The SMILES string of the molecule is CC(C)c1ccccc1OCC(=O)c1ccc(Cl)cc1. The van der Waals surface area contributed by atoms with Crippen molar-refractivity contribution in [2.75, 3.05) is 6.61 Å². The lowest BCUT2D eigenvalue weighted by atomic mass is 10.0. The molecule has 2 aromatic carbocycles. The molecule has 0 aliphatic rings. The topological polar surface area (TPSA) is 26.3 Å². The number of carbonyl (C=O) groups excluding carboxylic acids is 1. The molecule has 0 N–H and O–H groups in total. The van der Waals surface area contributed by atoms with Gasteiger partial charge in [-0.2, -0.15) is 0 Å². The van der Waals surface area contributed by atoms with E-state index < -0.39 is 0 Å². The first kappa shape index (κ1) is 14.6. The van der Waals surface area contributed by atoms with Gasteiger partial charge in [0.2, 0.25) is 0 Å². The van der Waals surface area contributed by atoms with E-state index in [2.05, 4.69) is 13.8 Å². The highest BCUT2D eigenvalue weighted by atomic mass is 35.5. The van der Waals surface area contributed by atoms with Gasteiger partial charge < -0.3 is 4.74 Å². The molecule has 0 saturated heterocycles. The third kappa shape index (κ3) is 3.61. The molecule has 0 fully saturated rings. The molecule has 0 saturated carbocycles. The normalized spacial score (nSPS) is 10.6. The minimum Gasteiger partial charge on any atom is -0.485 e. The van der Waals surface area contributed by atoms with Gasteiger partial charge in [-0.1, -0.05) is 43.6 Å². The molecule has 0 aromatic heterocycles. The lowest BCUT2D eigenvalue weighted by Crippen LogP contribution is -2.12. The molecule has 0 spiro atoms. The maximum Gasteiger partial charge on any atom is 0.200 e. The molecule has 0 bridgehead atoms. The van der Waals surface area contributed by atoms with Gasteiger partial charge in [-0.15, -0.1) is 0 Å². The van der Waals surface area contributed by atoms with Crippen LogP contribution in [0.25, 0.3) is 0 Å². The summed E-state index contributed by atoms with van der Waals surface area (Å²) in [4.78, 5) is 12.0. The molecule has 0 amide bonds. The Labute approximate surface area is 124 Å². The standard InChI is InChI=1S/C17H17ClO2/c1-12(2)15-5-3-4-6-17(15)20-11-16(19)13-7-9-14(18)10-8-13/h3-10,12H,11H2,1-2H3. The average Bonchev–Trinajstić information content (AvgIpc) is 2.45. The number of carbonyl (C=O) groups is 1. The van der Waals surface area contributed by atoms with Crippen molar-refractivity contribution in [1.29, 1.82) is 0 Å². The number of Topliss-reactive ketones (excluding diaryl/α,β-unsaturated/α-hetero) is 1. The second-order valence-electron chi connectivity index (χ2n) is 4.91. The number of rotatable bonds is 5. The Morgan fingerprint density at radius 3 is 2.40 bits per heavy atom. The van der Waals surface area contributed by atoms with Crippen LogP contribution in [0, 0.1) is 0 Å². The van der Waals surface area contributed by atoms with Gasteiger partial charge in [-0.25, -0.2) is 0 Å². The Morgan fingerprint density at radius 2 is 1.75 bits per heavy atom. The number of ether oxygens (including phenoxy) is 1. The highest BCUT2D eigenvalue weighted by Crippen LogP contribution is 2.25. The number of ketones is 1. The van der Waals surface area contributed by atoms with Gasteiger partial charge in [0.05, 0.1) is 0 Å². The summed E-state index contributed by atoms with van der Waals surface area (Å²) < 4.78 is 5.66. The van der Waals surface area contributed by atoms with Crippen molar-refractivity contribution < 1.29 is 9.53 Å². The molecule has 2 nitrogen and oxygen atoms in total. The zero-order valence-corrected chi connectivity index (χ0v) is 12.4. The van der Waals surface area contributed by atoms with Crippen LogP contribution in [-0.4, -0.2) is 12.4 Å². The van der Waals surface area contributed by atoms with Crippen molar-refractivity contribution in [2.45, 2.75) is 19.8 Å². The molecule has 0 aliphatic heterocycles. The third-order valence-corrected chi connectivity index (χ3v) is 3.32. The molecule has 3 heteroatoms. The Bertz CT molecular complexity index is 588. The van der Waals surface area contributed by atoms with Gasteiger partial charge in [-0.05, 0) is 41.8 Å². The highest BCUT2D eigenvalue weighted by molar-refractivity contribution is 6.30. The number of benzene rings is 2. The summed E-state index contributed by atoms with van der Waals surface area (Å²) in [5.74, 6) is 1.07. The van der Waals surface area contributed by atoms with Gasteiger partial charge in [-0.3, -0.25) is 4.79 Å². The molecular weight excluding hydrogens is 272 g/mol.